The van der Waals surface area contributed by atoms with Crippen molar-refractivity contribution >= 4 is 17.4 Å². The summed E-state index contributed by atoms with van der Waals surface area (Å²) in [5.74, 6) is -0.515. The summed E-state index contributed by atoms with van der Waals surface area (Å²) in [7, 11) is 1.41. The quantitative estimate of drug-likeness (QED) is 0.242. The summed E-state index contributed by atoms with van der Waals surface area (Å²) in [5.41, 5.74) is -3.20. The van der Waals surface area contributed by atoms with E-state index in [9.17, 15) is 35.5 Å². The molecule has 2 aliphatic heterocycles. The highest BCUT2D eigenvalue weighted by atomic mass is 19.4. The summed E-state index contributed by atoms with van der Waals surface area (Å²) in [5, 5.41) is 0. The number of nitrogens with zero attached hydrogens (tertiary/aromatic N) is 4. The average molecular weight is 651 g/mol. The van der Waals surface area contributed by atoms with E-state index in [1.807, 2.05) is 6.07 Å². The lowest BCUT2D eigenvalue weighted by Crippen LogP contribution is -2.42. The Balaban J connectivity index is 1.56. The van der Waals surface area contributed by atoms with Gasteiger partial charge in [-0.15, -0.1) is 0 Å². The van der Waals surface area contributed by atoms with Gasteiger partial charge in [-0.3, -0.25) is 4.79 Å². The van der Waals surface area contributed by atoms with Gasteiger partial charge in [-0.2, -0.15) is 26.3 Å². The second kappa shape index (κ2) is 12.5. The van der Waals surface area contributed by atoms with Crippen LogP contribution in [0.5, 0.6) is 0 Å². The normalized spacial score (nSPS) is 18.0. The molecule has 3 heterocycles. The van der Waals surface area contributed by atoms with E-state index in [2.05, 4.69) is 9.80 Å². The van der Waals surface area contributed by atoms with E-state index in [-0.39, 0.29) is 17.8 Å². The number of halogens is 7. The van der Waals surface area contributed by atoms with Gasteiger partial charge in [0.1, 0.15) is 11.6 Å². The zero-order valence-corrected chi connectivity index (χ0v) is 26.2. The summed E-state index contributed by atoms with van der Waals surface area (Å²) in [6.07, 6.45) is -4.30. The number of alkyl halides is 6. The van der Waals surface area contributed by atoms with Crippen molar-refractivity contribution in [2.45, 2.75) is 70.3 Å². The van der Waals surface area contributed by atoms with Gasteiger partial charge in [0, 0.05) is 31.7 Å². The molecule has 1 atom stereocenters. The van der Waals surface area contributed by atoms with Gasteiger partial charge in [-0.25, -0.2) is 9.37 Å². The van der Waals surface area contributed by atoms with Gasteiger partial charge in [-0.1, -0.05) is 6.07 Å². The predicted molar refractivity (Wildman–Crippen MR) is 163 cm³/mol. The van der Waals surface area contributed by atoms with E-state index >= 15 is 0 Å². The molecule has 0 spiro atoms. The third-order valence-electron chi connectivity index (χ3n) is 9.20. The molecule has 0 N–H and O–H groups in total. The van der Waals surface area contributed by atoms with E-state index in [1.165, 1.54) is 57.0 Å². The molecule has 12 heteroatoms. The Kier molecular flexibility index (Phi) is 9.15. The standard InChI is InChI=1S/C34H37F7N4O/c1-21-14-25(35)9-10-27(21)28-18-30(45-13-7-8-26(45)20-44-11-5-6-12-44)42-19-29(28)43(4)31(46)32(2,3)22-15-23(33(36,37)38)17-24(16-22)34(39,40)41/h9-10,14-19,26H,5-8,11-13,20H2,1-4H3. The molecule has 46 heavy (non-hydrogen) atoms. The number of pyridine rings is 1. The fourth-order valence-electron chi connectivity index (χ4n) is 6.56. The molecule has 0 aliphatic carbocycles. The minimum atomic E-state index is -5.06. The maximum atomic E-state index is 14.1. The Morgan fingerprint density at radius 3 is 2.07 bits per heavy atom. The summed E-state index contributed by atoms with van der Waals surface area (Å²) >= 11 is 0. The third kappa shape index (κ3) is 6.86. The molecule has 2 aliphatic rings. The number of benzene rings is 2. The largest absolute Gasteiger partial charge is 0.416 e. The molecule has 0 bridgehead atoms. The Hall–Kier alpha value is -3.67. The van der Waals surface area contributed by atoms with Crippen LogP contribution in [0.15, 0.2) is 48.7 Å². The predicted octanol–water partition coefficient (Wildman–Crippen LogP) is 8.24. The molecule has 3 aromatic rings. The highest BCUT2D eigenvalue weighted by Crippen LogP contribution is 2.42. The number of rotatable bonds is 7. The first kappa shape index (κ1) is 33.7. The van der Waals surface area contributed by atoms with Crippen molar-refractivity contribution in [2.75, 3.05) is 43.0 Å². The van der Waals surface area contributed by atoms with Gasteiger partial charge in [-0.05, 0) is 113 Å². The molecule has 5 rings (SSSR count). The van der Waals surface area contributed by atoms with Crippen molar-refractivity contribution in [2.24, 2.45) is 0 Å². The molecule has 1 aromatic heterocycles. The van der Waals surface area contributed by atoms with E-state index in [0.717, 1.165) is 39.0 Å². The third-order valence-corrected chi connectivity index (χ3v) is 9.20. The number of carbonyl (C=O) groups is 1. The Morgan fingerprint density at radius 1 is 0.870 bits per heavy atom. The van der Waals surface area contributed by atoms with Gasteiger partial charge in [0.05, 0.1) is 28.4 Å². The van der Waals surface area contributed by atoms with Gasteiger partial charge < -0.3 is 14.7 Å². The van der Waals surface area contributed by atoms with E-state index in [4.69, 9.17) is 4.98 Å². The fourth-order valence-corrected chi connectivity index (χ4v) is 6.56. The zero-order chi connectivity index (χ0) is 33.6. The van der Waals surface area contributed by atoms with E-state index in [0.29, 0.717) is 34.6 Å². The van der Waals surface area contributed by atoms with Gasteiger partial charge >= 0.3 is 12.4 Å². The minimum Gasteiger partial charge on any atom is -0.352 e. The number of hydrogen-bond donors (Lipinski definition) is 0. The summed E-state index contributed by atoms with van der Waals surface area (Å²) in [6, 6.07) is 7.53. The number of anilines is 2. The van der Waals surface area contributed by atoms with Crippen molar-refractivity contribution < 1.29 is 35.5 Å². The number of aryl methyl sites for hydroxylation is 1. The minimum absolute atomic E-state index is 0.0428. The molecular weight excluding hydrogens is 613 g/mol. The van der Waals surface area contributed by atoms with Crippen molar-refractivity contribution in [3.63, 3.8) is 0 Å². The SMILES string of the molecule is Cc1cc(F)ccc1-c1cc(N2CCCC2CN2CCCC2)ncc1N(C)C(=O)C(C)(C)c1cc(C(F)(F)F)cc(C(F)(F)F)c1. The lowest BCUT2D eigenvalue weighted by molar-refractivity contribution is -0.143. The van der Waals surface area contributed by atoms with Crippen LogP contribution in [0, 0.1) is 12.7 Å². The maximum absolute atomic E-state index is 14.1. The lowest BCUT2D eigenvalue weighted by atomic mass is 9.81. The first-order valence-corrected chi connectivity index (χ1v) is 15.3. The van der Waals surface area contributed by atoms with Crippen molar-refractivity contribution in [1.82, 2.24) is 9.88 Å². The summed E-state index contributed by atoms with van der Waals surface area (Å²) < 4.78 is 96.1. The first-order chi connectivity index (χ1) is 21.5. The van der Waals surface area contributed by atoms with Crippen LogP contribution in [-0.4, -0.2) is 55.1 Å². The van der Waals surface area contributed by atoms with Crippen molar-refractivity contribution in [3.05, 3.63) is 76.7 Å². The molecule has 5 nitrogen and oxygen atoms in total. The Morgan fingerprint density at radius 2 is 1.48 bits per heavy atom. The van der Waals surface area contributed by atoms with Crippen LogP contribution >= 0.6 is 0 Å². The molecule has 0 saturated carbocycles. The maximum Gasteiger partial charge on any atom is 0.416 e. The lowest BCUT2D eigenvalue weighted by Gasteiger charge is -2.33. The number of likely N-dealkylation sites (tertiary alicyclic amines) is 1. The van der Waals surface area contributed by atoms with Gasteiger partial charge in [0.15, 0.2) is 0 Å². The second-order valence-electron chi connectivity index (χ2n) is 12.8. The molecular formula is C34H37F7N4O. The van der Waals surface area contributed by atoms with E-state index < -0.39 is 46.2 Å². The average Bonchev–Trinajstić information content (AvgIpc) is 3.68. The molecule has 1 amide bonds. The highest BCUT2D eigenvalue weighted by Gasteiger charge is 2.41. The van der Waals surface area contributed by atoms with Crippen molar-refractivity contribution in [3.8, 4) is 11.1 Å². The fraction of sp³-hybridized carbons (Fsp3) is 0.471. The van der Waals surface area contributed by atoms with E-state index in [1.54, 1.807) is 13.0 Å². The monoisotopic (exact) mass is 650 g/mol. The van der Waals surface area contributed by atoms with Crippen LogP contribution in [0.2, 0.25) is 0 Å². The second-order valence-corrected chi connectivity index (χ2v) is 12.8. The van der Waals surface area contributed by atoms with Crippen molar-refractivity contribution in [1.29, 1.82) is 0 Å². The summed E-state index contributed by atoms with van der Waals surface area (Å²) in [6.45, 7) is 8.09. The molecule has 2 fully saturated rings. The molecule has 248 valence electrons. The molecule has 1 unspecified atom stereocenters. The number of amides is 1. The Labute approximate surface area is 264 Å². The number of likely N-dealkylation sites (N-methyl/N-ethyl adjacent to an activating group) is 1. The van der Waals surface area contributed by atoms with Gasteiger partial charge in [0.25, 0.3) is 0 Å². The zero-order valence-electron chi connectivity index (χ0n) is 26.2. The summed E-state index contributed by atoms with van der Waals surface area (Å²) in [4.78, 5) is 24.6. The smallest absolute Gasteiger partial charge is 0.352 e. The molecule has 2 saturated heterocycles. The number of carbonyl (C=O) groups excluding carboxylic acids is 1. The van der Waals surface area contributed by atoms with Crippen LogP contribution in [-0.2, 0) is 22.6 Å². The van der Waals surface area contributed by atoms with Crippen LogP contribution in [0.4, 0.5) is 42.2 Å². The number of aromatic nitrogens is 1. The van der Waals surface area contributed by atoms with Gasteiger partial charge in [0.2, 0.25) is 5.91 Å². The van der Waals surface area contributed by atoms with Crippen LogP contribution < -0.4 is 9.80 Å². The topological polar surface area (TPSA) is 39.7 Å². The van der Waals surface area contributed by atoms with Crippen LogP contribution in [0.25, 0.3) is 11.1 Å². The van der Waals surface area contributed by atoms with Crippen LogP contribution in [0.3, 0.4) is 0 Å². The Bertz CT molecular complexity index is 1560. The number of hydrogen-bond acceptors (Lipinski definition) is 4. The molecule has 2 aromatic carbocycles. The highest BCUT2D eigenvalue weighted by molar-refractivity contribution is 6.03. The van der Waals surface area contributed by atoms with Crippen LogP contribution in [0.1, 0.15) is 61.8 Å². The first-order valence-electron chi connectivity index (χ1n) is 15.3. The molecule has 0 radical (unpaired) electrons.